The molecule has 0 spiro atoms. The Bertz CT molecular complexity index is 458. The molecule has 2 aliphatic rings. The average molecular weight is 278 g/mol. The van der Waals surface area contributed by atoms with Gasteiger partial charge in [-0.05, 0) is 66.7 Å². The maximum Gasteiger partial charge on any atom is 0.0409 e. The van der Waals surface area contributed by atoms with Gasteiger partial charge in [-0.25, -0.2) is 0 Å². The third kappa shape index (κ3) is 3.14. The molecule has 2 heteroatoms. The zero-order valence-corrected chi connectivity index (χ0v) is 12.8. The van der Waals surface area contributed by atoms with Crippen molar-refractivity contribution in [2.45, 2.75) is 64.0 Å². The molecule has 0 radical (unpaired) electrons. The molecule has 19 heavy (non-hydrogen) atoms. The van der Waals surface area contributed by atoms with Crippen molar-refractivity contribution < 1.29 is 0 Å². The van der Waals surface area contributed by atoms with Gasteiger partial charge in [-0.15, -0.1) is 0 Å². The summed E-state index contributed by atoms with van der Waals surface area (Å²) in [5.74, 6) is 0.755. The van der Waals surface area contributed by atoms with Crippen LogP contribution in [0.5, 0.6) is 0 Å². The zero-order valence-electron chi connectivity index (χ0n) is 12.0. The molecule has 104 valence electrons. The maximum absolute atomic E-state index is 6.24. The Morgan fingerprint density at radius 1 is 1.32 bits per heavy atom. The first-order valence-corrected chi connectivity index (χ1v) is 7.99. The Morgan fingerprint density at radius 2 is 2.05 bits per heavy atom. The Kier molecular flexibility index (Phi) is 3.61. The van der Waals surface area contributed by atoms with Crippen LogP contribution in [0.4, 0.5) is 0 Å². The summed E-state index contributed by atoms with van der Waals surface area (Å²) in [5.41, 5.74) is 3.41. The standard InChI is InChI=1S/C17H24ClN/c1-12(2)10-17(7-8-17)16-9-14(18)4-3-13(16)11-19-15-5-6-15/h3-4,9,12,15,19H,5-8,10-11H2,1-2H3. The van der Waals surface area contributed by atoms with E-state index in [1.165, 1.54) is 43.2 Å². The SMILES string of the molecule is CC(C)CC1(c2cc(Cl)ccc2CNC2CC2)CC1. The quantitative estimate of drug-likeness (QED) is 0.797. The Morgan fingerprint density at radius 3 is 2.63 bits per heavy atom. The van der Waals surface area contributed by atoms with Crippen LogP contribution < -0.4 is 5.32 Å². The Balaban J connectivity index is 1.82. The topological polar surface area (TPSA) is 12.0 Å². The van der Waals surface area contributed by atoms with E-state index in [4.69, 9.17) is 11.6 Å². The molecule has 1 aromatic carbocycles. The Hall–Kier alpha value is -0.530. The lowest BCUT2D eigenvalue weighted by Crippen LogP contribution is -2.20. The fourth-order valence-electron chi connectivity index (χ4n) is 3.25. The second-order valence-corrected chi connectivity index (χ2v) is 7.27. The highest BCUT2D eigenvalue weighted by Gasteiger charge is 2.45. The summed E-state index contributed by atoms with van der Waals surface area (Å²) < 4.78 is 0. The van der Waals surface area contributed by atoms with Gasteiger partial charge in [0.2, 0.25) is 0 Å². The van der Waals surface area contributed by atoms with Crippen molar-refractivity contribution in [3.63, 3.8) is 0 Å². The molecular formula is C17H24ClN. The molecule has 0 amide bonds. The van der Waals surface area contributed by atoms with Crippen LogP contribution in [0.1, 0.15) is 57.1 Å². The summed E-state index contributed by atoms with van der Waals surface area (Å²) in [6.07, 6.45) is 6.66. The number of halogens is 1. The highest BCUT2D eigenvalue weighted by atomic mass is 35.5. The van der Waals surface area contributed by atoms with Gasteiger partial charge in [0.05, 0.1) is 0 Å². The Labute approximate surface area is 121 Å². The van der Waals surface area contributed by atoms with Gasteiger partial charge in [0.1, 0.15) is 0 Å². The van der Waals surface area contributed by atoms with E-state index < -0.39 is 0 Å². The summed E-state index contributed by atoms with van der Waals surface area (Å²) in [7, 11) is 0. The molecular weight excluding hydrogens is 254 g/mol. The van der Waals surface area contributed by atoms with E-state index in [0.29, 0.717) is 5.41 Å². The highest BCUT2D eigenvalue weighted by molar-refractivity contribution is 6.30. The first-order chi connectivity index (χ1) is 9.09. The van der Waals surface area contributed by atoms with Crippen LogP contribution in [0.2, 0.25) is 5.02 Å². The predicted octanol–water partition coefficient (Wildman–Crippen LogP) is 4.67. The van der Waals surface area contributed by atoms with E-state index in [0.717, 1.165) is 23.5 Å². The number of hydrogen-bond donors (Lipinski definition) is 1. The molecule has 0 saturated heterocycles. The van der Waals surface area contributed by atoms with Crippen LogP contribution >= 0.6 is 11.6 Å². The summed E-state index contributed by atoms with van der Waals surface area (Å²) in [6.45, 7) is 5.66. The van der Waals surface area contributed by atoms with E-state index in [2.05, 4.69) is 31.3 Å². The summed E-state index contributed by atoms with van der Waals surface area (Å²) in [5, 5.41) is 4.53. The molecule has 2 saturated carbocycles. The summed E-state index contributed by atoms with van der Waals surface area (Å²) in [4.78, 5) is 0. The minimum atomic E-state index is 0.430. The van der Waals surface area contributed by atoms with Gasteiger partial charge in [0.15, 0.2) is 0 Å². The molecule has 0 heterocycles. The van der Waals surface area contributed by atoms with Gasteiger partial charge < -0.3 is 5.32 Å². The van der Waals surface area contributed by atoms with Gasteiger partial charge in [0, 0.05) is 17.6 Å². The van der Waals surface area contributed by atoms with E-state index >= 15 is 0 Å². The van der Waals surface area contributed by atoms with Crippen LogP contribution in [0.3, 0.4) is 0 Å². The van der Waals surface area contributed by atoms with E-state index in [1.807, 2.05) is 6.07 Å². The van der Waals surface area contributed by atoms with Crippen LogP contribution in [-0.2, 0) is 12.0 Å². The lowest BCUT2D eigenvalue weighted by molar-refractivity contribution is 0.482. The van der Waals surface area contributed by atoms with Gasteiger partial charge in [0.25, 0.3) is 0 Å². The molecule has 2 fully saturated rings. The molecule has 1 N–H and O–H groups in total. The van der Waals surface area contributed by atoms with E-state index in [1.54, 1.807) is 0 Å². The molecule has 0 bridgehead atoms. The van der Waals surface area contributed by atoms with Crippen LogP contribution in [0.15, 0.2) is 18.2 Å². The van der Waals surface area contributed by atoms with Gasteiger partial charge in [-0.1, -0.05) is 31.5 Å². The van der Waals surface area contributed by atoms with Crippen molar-refractivity contribution in [2.75, 3.05) is 0 Å². The monoisotopic (exact) mass is 277 g/mol. The summed E-state index contributed by atoms with van der Waals surface area (Å²) in [6, 6.07) is 7.26. The number of nitrogens with one attached hydrogen (secondary N) is 1. The minimum Gasteiger partial charge on any atom is -0.310 e. The van der Waals surface area contributed by atoms with Crippen molar-refractivity contribution in [3.8, 4) is 0 Å². The smallest absolute Gasteiger partial charge is 0.0409 e. The fourth-order valence-corrected chi connectivity index (χ4v) is 3.43. The van der Waals surface area contributed by atoms with Crippen molar-refractivity contribution in [1.82, 2.24) is 5.32 Å². The van der Waals surface area contributed by atoms with Crippen molar-refractivity contribution in [2.24, 2.45) is 5.92 Å². The first-order valence-electron chi connectivity index (χ1n) is 7.61. The van der Waals surface area contributed by atoms with Crippen molar-refractivity contribution in [1.29, 1.82) is 0 Å². The second kappa shape index (κ2) is 5.10. The van der Waals surface area contributed by atoms with Crippen LogP contribution in [0.25, 0.3) is 0 Å². The van der Waals surface area contributed by atoms with Gasteiger partial charge >= 0.3 is 0 Å². The molecule has 0 unspecified atom stereocenters. The van der Waals surface area contributed by atoms with Gasteiger partial charge in [-0.3, -0.25) is 0 Å². The van der Waals surface area contributed by atoms with Crippen molar-refractivity contribution in [3.05, 3.63) is 34.3 Å². The fraction of sp³-hybridized carbons (Fsp3) is 0.647. The van der Waals surface area contributed by atoms with E-state index in [-0.39, 0.29) is 0 Å². The predicted molar refractivity (Wildman–Crippen MR) is 81.7 cm³/mol. The molecule has 0 aliphatic heterocycles. The van der Waals surface area contributed by atoms with E-state index in [9.17, 15) is 0 Å². The maximum atomic E-state index is 6.24. The molecule has 2 aliphatic carbocycles. The lowest BCUT2D eigenvalue weighted by Gasteiger charge is -2.22. The third-order valence-corrected chi connectivity index (χ3v) is 4.69. The molecule has 1 nitrogen and oxygen atoms in total. The second-order valence-electron chi connectivity index (χ2n) is 6.83. The number of rotatable bonds is 6. The van der Waals surface area contributed by atoms with Gasteiger partial charge in [-0.2, -0.15) is 0 Å². The lowest BCUT2D eigenvalue weighted by atomic mass is 9.84. The number of hydrogen-bond acceptors (Lipinski definition) is 1. The van der Waals surface area contributed by atoms with Crippen LogP contribution in [0, 0.1) is 5.92 Å². The zero-order chi connectivity index (χ0) is 13.5. The molecule has 1 aromatic rings. The van der Waals surface area contributed by atoms with Crippen molar-refractivity contribution >= 4 is 11.6 Å². The third-order valence-electron chi connectivity index (χ3n) is 4.45. The highest BCUT2D eigenvalue weighted by Crippen LogP contribution is 2.54. The molecule has 0 aromatic heterocycles. The minimum absolute atomic E-state index is 0.430. The average Bonchev–Trinajstić information content (AvgIpc) is 3.22. The molecule has 3 rings (SSSR count). The first kappa shape index (κ1) is 13.5. The largest absolute Gasteiger partial charge is 0.310 e. The normalized spacial score (nSPS) is 20.8. The number of benzene rings is 1. The summed E-state index contributed by atoms with van der Waals surface area (Å²) >= 11 is 6.24. The van der Waals surface area contributed by atoms with Crippen LogP contribution in [-0.4, -0.2) is 6.04 Å². The molecule has 0 atom stereocenters.